The van der Waals surface area contributed by atoms with Crippen LogP contribution in [-0.4, -0.2) is 9.97 Å². The van der Waals surface area contributed by atoms with E-state index in [0.29, 0.717) is 5.92 Å². The first-order chi connectivity index (χ1) is 24.9. The van der Waals surface area contributed by atoms with Crippen LogP contribution in [0.15, 0.2) is 126 Å². The summed E-state index contributed by atoms with van der Waals surface area (Å²) in [5.74, 6) is 0.652. The zero-order chi connectivity index (χ0) is 34.5. The third-order valence-electron chi connectivity index (χ3n) is 9.55. The first-order valence-electron chi connectivity index (χ1n) is 17.9. The molecule has 1 saturated carbocycles. The van der Waals surface area contributed by atoms with Crippen LogP contribution in [0.5, 0.6) is 0 Å². The maximum Gasteiger partial charge on any atom is 0.128 e. The number of nitrogens with zero attached hydrogens (tertiary/aromatic N) is 2. The van der Waals surface area contributed by atoms with Crippen molar-refractivity contribution >= 4 is 64.2 Å². The summed E-state index contributed by atoms with van der Waals surface area (Å²) in [6.45, 7) is -2.09. The molecule has 0 saturated heterocycles. The van der Waals surface area contributed by atoms with Crippen LogP contribution in [0, 0.1) is 19.0 Å². The van der Waals surface area contributed by atoms with Crippen LogP contribution in [0.1, 0.15) is 46.8 Å². The second-order valence-electron chi connectivity index (χ2n) is 12.4. The van der Waals surface area contributed by atoms with Crippen LogP contribution in [0.3, 0.4) is 0 Å². The Kier molecular flexibility index (Phi) is 7.67. The van der Waals surface area contributed by atoms with E-state index >= 15 is 0 Å². The second-order valence-corrected chi connectivity index (χ2v) is 13.5. The van der Waals surface area contributed by atoms with E-state index in [-0.39, 0.29) is 25.7 Å². The van der Waals surface area contributed by atoms with Gasteiger partial charge in [-0.25, -0.2) is 0 Å². The normalized spacial score (nSPS) is 14.4. The molecule has 49 heavy (non-hydrogen) atoms. The largest absolute Gasteiger partial charge is 0.500 e. The molecule has 9 aromatic rings. The molecular weight excluding hydrogens is 797 g/mol. The maximum atomic E-state index is 7.23. The number of hydrogen-bond acceptors (Lipinski definition) is 4. The molecule has 1 fully saturated rings. The molecule has 0 N–H and O–H groups in total. The average molecular weight is 832 g/mol. The van der Waals surface area contributed by atoms with Crippen molar-refractivity contribution in [1.29, 1.82) is 0 Å². The number of pyridine rings is 2. The third kappa shape index (κ3) is 5.76. The van der Waals surface area contributed by atoms with Gasteiger partial charge in [0.15, 0.2) is 0 Å². The van der Waals surface area contributed by atoms with Gasteiger partial charge >= 0.3 is 0 Å². The van der Waals surface area contributed by atoms with Gasteiger partial charge in [0.2, 0.25) is 0 Å². The minimum absolute atomic E-state index is 0. The molecule has 0 aliphatic heterocycles. The van der Waals surface area contributed by atoms with Gasteiger partial charge in [0.05, 0.1) is 5.58 Å². The fourth-order valence-electron chi connectivity index (χ4n) is 7.18. The molecule has 1 radical (unpaired) electrons. The van der Waals surface area contributed by atoms with Crippen LogP contribution in [0.25, 0.3) is 75.4 Å². The fourth-order valence-corrected chi connectivity index (χ4v) is 8.41. The summed E-state index contributed by atoms with van der Waals surface area (Å²) in [6, 6.07) is 43.4. The summed E-state index contributed by atoms with van der Waals surface area (Å²) in [6.07, 6.45) is 8.55. The van der Waals surface area contributed by atoms with E-state index in [1.165, 1.54) is 63.0 Å². The van der Waals surface area contributed by atoms with Gasteiger partial charge in [-0.1, -0.05) is 84.0 Å². The van der Waals surface area contributed by atoms with Gasteiger partial charge in [-0.15, -0.1) is 65.4 Å². The number of rotatable bonds is 3. The van der Waals surface area contributed by atoms with Crippen molar-refractivity contribution < 1.29 is 28.6 Å². The number of furan rings is 1. The van der Waals surface area contributed by atoms with Crippen LogP contribution in [0.2, 0.25) is 0 Å². The summed E-state index contributed by atoms with van der Waals surface area (Å²) in [7, 11) is 0. The minimum atomic E-state index is -2.09. The van der Waals surface area contributed by atoms with Crippen molar-refractivity contribution in [2.75, 3.05) is 0 Å². The number of benzene rings is 5. The number of hydrogen-bond donors (Lipinski definition) is 0. The Morgan fingerprint density at radius 2 is 1.49 bits per heavy atom. The van der Waals surface area contributed by atoms with Gasteiger partial charge < -0.3 is 14.4 Å². The molecule has 0 amide bonds. The second kappa shape index (κ2) is 13.3. The average Bonchev–Trinajstić information content (AvgIpc) is 3.93. The predicted molar refractivity (Wildman–Crippen MR) is 201 cm³/mol. The van der Waals surface area contributed by atoms with Crippen molar-refractivity contribution in [3.63, 3.8) is 0 Å². The number of fused-ring (bicyclic) bond motifs is 9. The summed E-state index contributed by atoms with van der Waals surface area (Å²) in [5, 5.41) is 7.33. The molecule has 3 nitrogen and oxygen atoms in total. The molecule has 5 heteroatoms. The van der Waals surface area contributed by atoms with Crippen molar-refractivity contribution in [2.45, 2.75) is 38.5 Å². The molecule has 4 aromatic heterocycles. The Labute approximate surface area is 307 Å². The summed E-state index contributed by atoms with van der Waals surface area (Å²) < 4.78 is 31.0. The van der Waals surface area contributed by atoms with Crippen LogP contribution >= 0.6 is 11.3 Å². The Hall–Kier alpha value is -4.67. The summed E-state index contributed by atoms with van der Waals surface area (Å²) >= 11 is 1.86. The number of thiophene rings is 1. The monoisotopic (exact) mass is 832 g/mol. The molecular formula is C44H32IrN2OS-2. The summed E-state index contributed by atoms with van der Waals surface area (Å²) in [5.41, 5.74) is 6.98. The smallest absolute Gasteiger partial charge is 0.128 e. The van der Waals surface area contributed by atoms with Gasteiger partial charge in [-0.05, 0) is 60.8 Å². The number of aryl methyl sites for hydroxylation is 1. The fraction of sp³-hybridized carbons (Fsp3) is 0.136. The van der Waals surface area contributed by atoms with Crippen LogP contribution in [-0.2, 0) is 20.1 Å². The molecule has 0 atom stereocenters. The first kappa shape index (κ1) is 28.2. The number of aromatic nitrogens is 2. The van der Waals surface area contributed by atoms with Crippen molar-refractivity contribution in [3.8, 4) is 22.5 Å². The van der Waals surface area contributed by atoms with E-state index in [1.807, 2.05) is 41.8 Å². The molecule has 5 aromatic carbocycles. The van der Waals surface area contributed by atoms with Crippen LogP contribution in [0.4, 0.5) is 0 Å². The van der Waals surface area contributed by atoms with Crippen molar-refractivity contribution in [3.05, 3.63) is 145 Å². The van der Waals surface area contributed by atoms with E-state index in [1.54, 1.807) is 18.2 Å². The van der Waals surface area contributed by atoms with E-state index in [0.717, 1.165) is 49.8 Å². The van der Waals surface area contributed by atoms with E-state index in [9.17, 15) is 0 Å². The Bertz CT molecular complexity index is 2700. The molecule has 241 valence electrons. The first-order valence-corrected chi connectivity index (χ1v) is 17.2. The molecule has 1 aliphatic rings. The van der Waals surface area contributed by atoms with Crippen molar-refractivity contribution in [1.82, 2.24) is 9.97 Å². The SMILES string of the molecule is [2H]C([2H])([2H])c1ccc(-c2[c-]cccc2)nc1.[Ir].[c-]1ccc2c(oc3c2ccc2c3ccc3c4ccccc4sc32)c1-c1cc(C2CCCC2)ccn1. The quantitative estimate of drug-likeness (QED) is 0.167. The molecule has 4 heterocycles. The Balaban J connectivity index is 0.000000193. The standard InChI is InChI=1S/C32H22NOS.C12H10N.Ir/c1-2-7-19(6-1)20-16-17-33-28(18-20)27-10-5-9-22-23-12-15-26-24(30(23)34-31(22)27)13-14-25-21-8-3-4-11-29(21)35-32(25)26;1-10-7-8-12(13-9-10)11-5-3-2-4-6-11;/h3-5,8-9,11-19H,1-2,6-7H2;2-5,7-9H,1H3;/q2*-1;/i;1D3;. The summed E-state index contributed by atoms with van der Waals surface area (Å²) in [4.78, 5) is 8.86. The van der Waals surface area contributed by atoms with E-state index in [4.69, 9.17) is 13.5 Å². The van der Waals surface area contributed by atoms with Gasteiger partial charge in [0, 0.05) is 72.9 Å². The Morgan fingerprint density at radius 1 is 0.714 bits per heavy atom. The molecule has 0 spiro atoms. The van der Waals surface area contributed by atoms with Gasteiger partial charge in [-0.2, -0.15) is 0 Å². The maximum absolute atomic E-state index is 7.23. The third-order valence-corrected chi connectivity index (χ3v) is 10.8. The van der Waals surface area contributed by atoms with Gasteiger partial charge in [0.1, 0.15) is 5.58 Å². The van der Waals surface area contributed by atoms with Gasteiger partial charge in [-0.3, -0.25) is 0 Å². The molecule has 0 bridgehead atoms. The molecule has 0 unspecified atom stereocenters. The minimum Gasteiger partial charge on any atom is -0.500 e. The van der Waals surface area contributed by atoms with E-state index in [2.05, 4.69) is 83.8 Å². The zero-order valence-corrected chi connectivity index (χ0v) is 29.7. The van der Waals surface area contributed by atoms with Gasteiger partial charge in [0.25, 0.3) is 0 Å². The zero-order valence-electron chi connectivity index (χ0n) is 29.5. The Morgan fingerprint density at radius 3 is 2.29 bits per heavy atom. The van der Waals surface area contributed by atoms with Crippen LogP contribution < -0.4 is 0 Å². The topological polar surface area (TPSA) is 38.9 Å². The molecule has 1 aliphatic carbocycles. The van der Waals surface area contributed by atoms with Crippen molar-refractivity contribution in [2.24, 2.45) is 0 Å². The van der Waals surface area contributed by atoms with E-state index < -0.39 is 6.85 Å². The molecule has 10 rings (SSSR count). The predicted octanol–water partition coefficient (Wildman–Crippen LogP) is 12.5.